The van der Waals surface area contributed by atoms with Crippen LogP contribution in [0.15, 0.2) is 47.4 Å². The summed E-state index contributed by atoms with van der Waals surface area (Å²) >= 11 is 3.97. The number of amides is 1. The van der Waals surface area contributed by atoms with Gasteiger partial charge in [0.15, 0.2) is 0 Å². The average Bonchev–Trinajstić information content (AvgIpc) is 2.49. The average molecular weight is 300 g/mol. The third kappa shape index (κ3) is 3.61. The van der Waals surface area contributed by atoms with Gasteiger partial charge in [0.1, 0.15) is 5.82 Å². The van der Waals surface area contributed by atoms with Crippen LogP contribution >= 0.6 is 12.6 Å². The van der Waals surface area contributed by atoms with Crippen LogP contribution in [0.25, 0.3) is 0 Å². The van der Waals surface area contributed by atoms with Crippen LogP contribution in [0, 0.1) is 17.1 Å². The van der Waals surface area contributed by atoms with Gasteiger partial charge in [0.05, 0.1) is 11.6 Å². The molecule has 0 spiro atoms. The molecule has 0 N–H and O–H groups in total. The number of rotatable bonds is 3. The zero-order valence-electron chi connectivity index (χ0n) is 11.4. The summed E-state index contributed by atoms with van der Waals surface area (Å²) in [5, 5.41) is 8.87. The third-order valence-electron chi connectivity index (χ3n) is 3.02. The van der Waals surface area contributed by atoms with Crippen molar-refractivity contribution in [1.82, 2.24) is 4.90 Å². The number of benzene rings is 2. The molecular formula is C16H13FN2OS. The summed E-state index contributed by atoms with van der Waals surface area (Å²) < 4.78 is 13.2. The second-order valence-electron chi connectivity index (χ2n) is 4.64. The van der Waals surface area contributed by atoms with Crippen LogP contribution in [-0.4, -0.2) is 17.9 Å². The van der Waals surface area contributed by atoms with Gasteiger partial charge < -0.3 is 4.90 Å². The minimum Gasteiger partial charge on any atom is -0.337 e. The highest BCUT2D eigenvalue weighted by Gasteiger charge is 2.13. The van der Waals surface area contributed by atoms with Gasteiger partial charge >= 0.3 is 0 Å². The second-order valence-corrected chi connectivity index (χ2v) is 5.12. The molecule has 0 aliphatic carbocycles. The predicted octanol–water partition coefficient (Wildman–Crippen LogP) is 3.26. The highest BCUT2D eigenvalue weighted by atomic mass is 32.1. The zero-order chi connectivity index (χ0) is 15.4. The minimum absolute atomic E-state index is 0.140. The molecule has 0 bridgehead atoms. The summed E-state index contributed by atoms with van der Waals surface area (Å²) in [4.78, 5) is 13.9. The van der Waals surface area contributed by atoms with E-state index >= 15 is 0 Å². The Morgan fingerprint density at radius 2 is 2.10 bits per heavy atom. The Kier molecular flexibility index (Phi) is 4.61. The van der Waals surface area contributed by atoms with E-state index in [4.69, 9.17) is 5.26 Å². The first-order valence-electron chi connectivity index (χ1n) is 6.24. The number of halogens is 1. The summed E-state index contributed by atoms with van der Waals surface area (Å²) in [5.74, 6) is -0.688. The Labute approximate surface area is 128 Å². The Balaban J connectivity index is 2.15. The molecule has 3 nitrogen and oxygen atoms in total. The van der Waals surface area contributed by atoms with Crippen molar-refractivity contribution in [3.05, 3.63) is 65.0 Å². The van der Waals surface area contributed by atoms with Crippen molar-refractivity contribution in [3.63, 3.8) is 0 Å². The maximum Gasteiger partial charge on any atom is 0.253 e. The highest BCUT2D eigenvalue weighted by molar-refractivity contribution is 7.80. The van der Waals surface area contributed by atoms with E-state index in [1.54, 1.807) is 25.2 Å². The minimum atomic E-state index is -0.459. The van der Waals surface area contributed by atoms with Crippen molar-refractivity contribution in [2.45, 2.75) is 11.4 Å². The molecule has 2 aromatic rings. The van der Waals surface area contributed by atoms with Crippen LogP contribution in [0.1, 0.15) is 21.5 Å². The molecule has 0 fully saturated rings. The van der Waals surface area contributed by atoms with Crippen molar-refractivity contribution < 1.29 is 9.18 Å². The smallest absolute Gasteiger partial charge is 0.253 e. The molecule has 0 aliphatic heterocycles. The number of carbonyl (C=O) groups excluding carboxylic acids is 1. The van der Waals surface area contributed by atoms with E-state index in [0.717, 1.165) is 5.56 Å². The number of nitriles is 1. The molecule has 2 rings (SSSR count). The van der Waals surface area contributed by atoms with Gasteiger partial charge in [-0.3, -0.25) is 4.79 Å². The lowest BCUT2D eigenvalue weighted by Gasteiger charge is -2.17. The van der Waals surface area contributed by atoms with Crippen LogP contribution < -0.4 is 0 Å². The van der Waals surface area contributed by atoms with Gasteiger partial charge in [0.25, 0.3) is 5.91 Å². The Morgan fingerprint density at radius 3 is 2.76 bits per heavy atom. The fourth-order valence-corrected chi connectivity index (χ4v) is 2.16. The van der Waals surface area contributed by atoms with Gasteiger partial charge in [0.2, 0.25) is 0 Å². The molecule has 0 saturated heterocycles. The van der Waals surface area contributed by atoms with Gasteiger partial charge in [-0.15, -0.1) is 12.6 Å². The number of hydrogen-bond donors (Lipinski definition) is 1. The lowest BCUT2D eigenvalue weighted by molar-refractivity contribution is 0.0784. The van der Waals surface area contributed by atoms with E-state index in [0.29, 0.717) is 17.7 Å². The summed E-state index contributed by atoms with van der Waals surface area (Å²) in [5.41, 5.74) is 1.78. The van der Waals surface area contributed by atoms with Gasteiger partial charge in [-0.1, -0.05) is 12.1 Å². The number of hydrogen-bond acceptors (Lipinski definition) is 3. The van der Waals surface area contributed by atoms with Gasteiger partial charge in [-0.2, -0.15) is 5.26 Å². The van der Waals surface area contributed by atoms with E-state index in [-0.39, 0.29) is 10.8 Å². The Hall–Kier alpha value is -2.32. The lowest BCUT2D eigenvalue weighted by atomic mass is 10.1. The van der Waals surface area contributed by atoms with E-state index in [1.165, 1.54) is 23.1 Å². The van der Waals surface area contributed by atoms with Crippen LogP contribution in [0.3, 0.4) is 0 Å². The molecule has 0 atom stereocenters. The molecule has 2 aromatic carbocycles. The number of nitrogens with zero attached hydrogens (tertiary/aromatic N) is 2. The zero-order valence-corrected chi connectivity index (χ0v) is 12.3. The van der Waals surface area contributed by atoms with Crippen LogP contribution in [0.4, 0.5) is 4.39 Å². The van der Waals surface area contributed by atoms with E-state index in [9.17, 15) is 9.18 Å². The molecule has 0 heterocycles. The van der Waals surface area contributed by atoms with Crippen LogP contribution in [-0.2, 0) is 6.54 Å². The molecule has 0 saturated carbocycles. The van der Waals surface area contributed by atoms with Crippen molar-refractivity contribution in [1.29, 1.82) is 5.26 Å². The Bertz CT molecular complexity index is 724. The number of thiol groups is 1. The van der Waals surface area contributed by atoms with E-state index in [1.807, 2.05) is 6.07 Å². The van der Waals surface area contributed by atoms with Crippen molar-refractivity contribution in [2.24, 2.45) is 0 Å². The fourth-order valence-electron chi connectivity index (χ4n) is 1.95. The summed E-state index contributed by atoms with van der Waals surface area (Å²) in [7, 11) is 1.66. The third-order valence-corrected chi connectivity index (χ3v) is 3.36. The normalized spacial score (nSPS) is 10.0. The second kappa shape index (κ2) is 6.42. The monoisotopic (exact) mass is 300 g/mol. The molecule has 21 heavy (non-hydrogen) atoms. The topological polar surface area (TPSA) is 44.1 Å². The summed E-state index contributed by atoms with van der Waals surface area (Å²) in [6.07, 6.45) is 0. The van der Waals surface area contributed by atoms with E-state index < -0.39 is 5.82 Å². The van der Waals surface area contributed by atoms with Crippen molar-refractivity contribution in [3.8, 4) is 6.07 Å². The van der Waals surface area contributed by atoms with Crippen LogP contribution in [0.2, 0.25) is 0 Å². The maximum atomic E-state index is 13.2. The maximum absolute atomic E-state index is 13.2. The molecule has 0 aliphatic rings. The highest BCUT2D eigenvalue weighted by Crippen LogP contribution is 2.16. The molecule has 5 heteroatoms. The SMILES string of the molecule is CN(Cc1cccc(C#N)c1)C(=O)c1ccc(F)c(S)c1. The standard InChI is InChI=1S/C16H13FN2OS/c1-19(10-12-4-2-3-11(7-12)9-18)16(20)13-5-6-14(17)15(21)8-13/h2-8,21H,10H2,1H3. The van der Waals surface area contributed by atoms with Gasteiger partial charge in [0, 0.05) is 24.1 Å². The van der Waals surface area contributed by atoms with E-state index in [2.05, 4.69) is 18.7 Å². The number of carbonyl (C=O) groups is 1. The predicted molar refractivity (Wildman–Crippen MR) is 80.6 cm³/mol. The fraction of sp³-hybridized carbons (Fsp3) is 0.125. The van der Waals surface area contributed by atoms with Gasteiger partial charge in [-0.05, 0) is 35.9 Å². The summed E-state index contributed by atoms with van der Waals surface area (Å²) in [6, 6.07) is 13.2. The largest absolute Gasteiger partial charge is 0.337 e. The van der Waals surface area contributed by atoms with Gasteiger partial charge in [-0.25, -0.2) is 4.39 Å². The lowest BCUT2D eigenvalue weighted by Crippen LogP contribution is -2.26. The van der Waals surface area contributed by atoms with Crippen LogP contribution in [0.5, 0.6) is 0 Å². The quantitative estimate of drug-likeness (QED) is 0.884. The Morgan fingerprint density at radius 1 is 1.33 bits per heavy atom. The first-order valence-corrected chi connectivity index (χ1v) is 6.69. The molecule has 1 amide bonds. The summed E-state index contributed by atoms with van der Waals surface area (Å²) in [6.45, 7) is 0.369. The van der Waals surface area contributed by atoms with Crippen molar-refractivity contribution >= 4 is 18.5 Å². The van der Waals surface area contributed by atoms with Crippen molar-refractivity contribution in [2.75, 3.05) is 7.05 Å². The molecule has 0 radical (unpaired) electrons. The molecule has 0 aromatic heterocycles. The first-order chi connectivity index (χ1) is 10.0. The first kappa shape index (κ1) is 15.1. The molecule has 106 valence electrons. The molecular weight excluding hydrogens is 287 g/mol. The molecule has 0 unspecified atom stereocenters.